The van der Waals surface area contributed by atoms with Gasteiger partial charge in [-0.3, -0.25) is 9.69 Å². The van der Waals surface area contributed by atoms with Gasteiger partial charge in [0.2, 0.25) is 0 Å². The van der Waals surface area contributed by atoms with Gasteiger partial charge in [-0.2, -0.15) is 11.8 Å². The number of hydrogen-bond donors (Lipinski definition) is 0. The van der Waals surface area contributed by atoms with Gasteiger partial charge in [0, 0.05) is 26.1 Å². The number of nitrogens with zero attached hydrogens (tertiary/aromatic N) is 1. The van der Waals surface area contributed by atoms with Gasteiger partial charge in [0.25, 0.3) is 0 Å². The van der Waals surface area contributed by atoms with E-state index in [-0.39, 0.29) is 0 Å². The Bertz CT molecular complexity index is 431. The smallest absolute Gasteiger partial charge is 0.144 e. The summed E-state index contributed by atoms with van der Waals surface area (Å²) < 4.78 is 0. The van der Waals surface area contributed by atoms with Crippen LogP contribution in [-0.4, -0.2) is 34.8 Å². The molecule has 0 aliphatic carbocycles. The van der Waals surface area contributed by atoms with Crippen molar-refractivity contribution in [2.75, 3.05) is 18.8 Å². The topological polar surface area (TPSA) is 20.3 Å². The quantitative estimate of drug-likeness (QED) is 0.797. The average Bonchev–Trinajstić information content (AvgIpc) is 2.42. The molecule has 1 aromatic carbocycles. The minimum Gasteiger partial charge on any atom is -0.299 e. The van der Waals surface area contributed by atoms with Crippen LogP contribution in [0.15, 0.2) is 24.3 Å². The standard InChI is InChI=1S/C16H23NOS/c1-13(2)19-12-16(18)8-10-17-9-7-14-5-3-4-6-15(14)11-17/h3-6,13H,7-12H2,1-2H3. The number of hydrogen-bond acceptors (Lipinski definition) is 3. The molecule has 0 N–H and O–H groups in total. The molecule has 0 aromatic heterocycles. The number of carbonyl (C=O) groups excluding carboxylic acids is 1. The second-order valence-electron chi connectivity index (χ2n) is 5.44. The van der Waals surface area contributed by atoms with Gasteiger partial charge in [-0.1, -0.05) is 38.1 Å². The van der Waals surface area contributed by atoms with Crippen LogP contribution in [-0.2, 0) is 17.8 Å². The molecule has 2 nitrogen and oxygen atoms in total. The summed E-state index contributed by atoms with van der Waals surface area (Å²) in [5.74, 6) is 1.06. The van der Waals surface area contributed by atoms with Crippen LogP contribution in [0.5, 0.6) is 0 Å². The van der Waals surface area contributed by atoms with Crippen molar-refractivity contribution in [3.63, 3.8) is 0 Å². The third-order valence-electron chi connectivity index (χ3n) is 3.49. The van der Waals surface area contributed by atoms with E-state index in [1.54, 1.807) is 11.8 Å². The molecule has 0 radical (unpaired) electrons. The van der Waals surface area contributed by atoms with Crippen LogP contribution < -0.4 is 0 Å². The first-order valence-electron chi connectivity index (χ1n) is 7.07. The summed E-state index contributed by atoms with van der Waals surface area (Å²) in [6.45, 7) is 7.27. The highest BCUT2D eigenvalue weighted by atomic mass is 32.2. The Balaban J connectivity index is 1.75. The fourth-order valence-corrected chi connectivity index (χ4v) is 3.02. The molecular formula is C16H23NOS. The zero-order chi connectivity index (χ0) is 13.7. The zero-order valence-corrected chi connectivity index (χ0v) is 12.7. The molecule has 1 aliphatic rings. The number of ketones is 1. The van der Waals surface area contributed by atoms with Gasteiger partial charge in [-0.05, 0) is 22.8 Å². The number of thioether (sulfide) groups is 1. The van der Waals surface area contributed by atoms with Crippen molar-refractivity contribution in [3.05, 3.63) is 35.4 Å². The SMILES string of the molecule is CC(C)SCC(=O)CCN1CCc2ccccc2C1. The van der Waals surface area contributed by atoms with E-state index >= 15 is 0 Å². The number of Topliss-reactive ketones (excluding diaryl/α,β-unsaturated/α-hetero) is 1. The van der Waals surface area contributed by atoms with Gasteiger partial charge in [0.1, 0.15) is 5.78 Å². The Kier molecular flexibility index (Phi) is 5.46. The van der Waals surface area contributed by atoms with Crippen LogP contribution >= 0.6 is 11.8 Å². The Morgan fingerprint density at radius 3 is 2.79 bits per heavy atom. The second kappa shape index (κ2) is 7.11. The predicted molar refractivity (Wildman–Crippen MR) is 82.6 cm³/mol. The van der Waals surface area contributed by atoms with E-state index in [2.05, 4.69) is 43.0 Å². The van der Waals surface area contributed by atoms with Crippen LogP contribution in [0.3, 0.4) is 0 Å². The lowest BCUT2D eigenvalue weighted by Gasteiger charge is -2.28. The molecule has 1 aliphatic heterocycles. The van der Waals surface area contributed by atoms with Gasteiger partial charge in [-0.25, -0.2) is 0 Å². The lowest BCUT2D eigenvalue weighted by molar-refractivity contribution is -0.117. The molecule has 19 heavy (non-hydrogen) atoms. The molecule has 1 heterocycles. The van der Waals surface area contributed by atoms with Crippen molar-refractivity contribution in [2.45, 2.75) is 38.5 Å². The van der Waals surface area contributed by atoms with Crippen LogP contribution in [0.1, 0.15) is 31.4 Å². The molecule has 104 valence electrons. The first-order chi connectivity index (χ1) is 9.15. The van der Waals surface area contributed by atoms with Gasteiger partial charge < -0.3 is 0 Å². The van der Waals surface area contributed by atoms with Gasteiger partial charge in [0.05, 0.1) is 5.75 Å². The summed E-state index contributed by atoms with van der Waals surface area (Å²) in [5, 5.41) is 0.547. The normalized spacial score (nSPS) is 15.5. The fourth-order valence-electron chi connectivity index (χ4n) is 2.36. The summed E-state index contributed by atoms with van der Waals surface area (Å²) in [4.78, 5) is 14.2. The summed E-state index contributed by atoms with van der Waals surface area (Å²) in [6, 6.07) is 8.64. The molecular weight excluding hydrogens is 254 g/mol. The van der Waals surface area contributed by atoms with Crippen LogP contribution in [0, 0.1) is 0 Å². The Labute approximate surface area is 120 Å². The largest absolute Gasteiger partial charge is 0.299 e. The lowest BCUT2D eigenvalue weighted by atomic mass is 10.00. The zero-order valence-electron chi connectivity index (χ0n) is 11.9. The van der Waals surface area contributed by atoms with Crippen LogP contribution in [0.25, 0.3) is 0 Å². The highest BCUT2D eigenvalue weighted by molar-refractivity contribution is 8.00. The molecule has 0 bridgehead atoms. The molecule has 0 amide bonds. The van der Waals surface area contributed by atoms with Crippen molar-refractivity contribution in [1.29, 1.82) is 0 Å². The van der Waals surface area contributed by atoms with E-state index in [0.29, 0.717) is 23.2 Å². The van der Waals surface area contributed by atoms with Crippen molar-refractivity contribution >= 4 is 17.5 Å². The molecule has 2 rings (SSSR count). The van der Waals surface area contributed by atoms with Gasteiger partial charge >= 0.3 is 0 Å². The molecule has 3 heteroatoms. The van der Waals surface area contributed by atoms with Crippen molar-refractivity contribution in [3.8, 4) is 0 Å². The number of rotatable bonds is 6. The van der Waals surface area contributed by atoms with Gasteiger partial charge in [0.15, 0.2) is 0 Å². The lowest BCUT2D eigenvalue weighted by Crippen LogP contribution is -2.32. The molecule has 1 aromatic rings. The van der Waals surface area contributed by atoms with E-state index in [4.69, 9.17) is 0 Å². The maximum absolute atomic E-state index is 11.8. The van der Waals surface area contributed by atoms with E-state index < -0.39 is 0 Å². The highest BCUT2D eigenvalue weighted by Crippen LogP contribution is 2.18. The minimum absolute atomic E-state index is 0.387. The molecule has 0 saturated carbocycles. The van der Waals surface area contributed by atoms with Gasteiger partial charge in [-0.15, -0.1) is 0 Å². The maximum atomic E-state index is 11.8. The van der Waals surface area contributed by atoms with E-state index in [0.717, 1.165) is 26.1 Å². The molecule has 0 saturated heterocycles. The van der Waals surface area contributed by atoms with E-state index in [1.807, 2.05) is 0 Å². The summed E-state index contributed by atoms with van der Waals surface area (Å²) >= 11 is 1.75. The Morgan fingerprint density at radius 2 is 2.05 bits per heavy atom. The van der Waals surface area contributed by atoms with Crippen molar-refractivity contribution in [1.82, 2.24) is 4.90 Å². The Hall–Kier alpha value is -0.800. The third-order valence-corrected chi connectivity index (χ3v) is 4.65. The molecule has 0 unspecified atom stereocenters. The first kappa shape index (κ1) is 14.6. The molecule has 0 fully saturated rings. The number of benzene rings is 1. The van der Waals surface area contributed by atoms with Crippen molar-refractivity contribution < 1.29 is 4.79 Å². The second-order valence-corrected chi connectivity index (χ2v) is 7.01. The first-order valence-corrected chi connectivity index (χ1v) is 8.12. The fraction of sp³-hybridized carbons (Fsp3) is 0.562. The minimum atomic E-state index is 0.387. The van der Waals surface area contributed by atoms with Crippen molar-refractivity contribution in [2.24, 2.45) is 0 Å². The van der Waals surface area contributed by atoms with Crippen LogP contribution in [0.4, 0.5) is 0 Å². The maximum Gasteiger partial charge on any atom is 0.144 e. The predicted octanol–water partition coefficient (Wildman–Crippen LogP) is 3.15. The van der Waals surface area contributed by atoms with E-state index in [1.165, 1.54) is 11.1 Å². The summed E-state index contributed by atoms with van der Waals surface area (Å²) in [6.07, 6.45) is 1.81. The van der Waals surface area contributed by atoms with E-state index in [9.17, 15) is 4.79 Å². The Morgan fingerprint density at radius 1 is 1.32 bits per heavy atom. The van der Waals surface area contributed by atoms with Crippen LogP contribution in [0.2, 0.25) is 0 Å². The summed E-state index contributed by atoms with van der Waals surface area (Å²) in [7, 11) is 0. The average molecular weight is 277 g/mol. The molecule has 0 spiro atoms. The molecule has 0 atom stereocenters. The monoisotopic (exact) mass is 277 g/mol. The third kappa shape index (κ3) is 4.66. The highest BCUT2D eigenvalue weighted by Gasteiger charge is 2.16. The number of fused-ring (bicyclic) bond motifs is 1. The number of carbonyl (C=O) groups is 1. The summed E-state index contributed by atoms with van der Waals surface area (Å²) in [5.41, 5.74) is 2.90.